The minimum Gasteiger partial charge on any atom is -0.493 e. The first-order valence-corrected chi connectivity index (χ1v) is 18.6. The number of carbonyl (C=O) groups excluding carboxylic acids is 3. The van der Waals surface area contributed by atoms with E-state index in [4.69, 9.17) is 28.4 Å². The Hall–Kier alpha value is -3.10. The molecule has 2 fully saturated rings. The van der Waals surface area contributed by atoms with Gasteiger partial charge < -0.3 is 43.3 Å². The first-order chi connectivity index (χ1) is 24.5. The topological polar surface area (TPSA) is 146 Å². The van der Waals surface area contributed by atoms with Crippen molar-refractivity contribution in [1.29, 1.82) is 0 Å². The number of aliphatic hydroxyl groups excluding tert-OH is 1. The molecule has 0 aromatic carbocycles. The van der Waals surface area contributed by atoms with Gasteiger partial charge in [-0.25, -0.2) is 9.59 Å². The minimum atomic E-state index is -1.32. The van der Waals surface area contributed by atoms with Crippen molar-refractivity contribution in [1.82, 2.24) is 14.8 Å². The number of pyridine rings is 1. The van der Waals surface area contributed by atoms with E-state index >= 15 is 0 Å². The lowest BCUT2D eigenvalue weighted by Gasteiger charge is -2.47. The molecule has 1 aromatic heterocycles. The van der Waals surface area contributed by atoms with Gasteiger partial charge >= 0.3 is 12.1 Å². The molecule has 1 N–H and O–H groups in total. The summed E-state index contributed by atoms with van der Waals surface area (Å²) in [6.45, 7) is 15.3. The molecular weight excluding hydrogens is 670 g/mol. The van der Waals surface area contributed by atoms with Crippen LogP contribution in [0, 0.1) is 17.8 Å². The van der Waals surface area contributed by atoms with E-state index in [9.17, 15) is 19.5 Å². The van der Waals surface area contributed by atoms with Crippen LogP contribution < -0.4 is 4.74 Å². The van der Waals surface area contributed by atoms with Crippen LogP contribution in [0.4, 0.5) is 4.79 Å². The molecule has 4 rings (SSSR count). The van der Waals surface area contributed by atoms with Crippen molar-refractivity contribution >= 4 is 17.8 Å². The molecule has 0 spiro atoms. The van der Waals surface area contributed by atoms with Gasteiger partial charge in [0.2, 0.25) is 0 Å². The van der Waals surface area contributed by atoms with Crippen molar-refractivity contribution in [3.8, 4) is 5.75 Å². The lowest BCUT2D eigenvalue weighted by molar-refractivity contribution is -0.294. The van der Waals surface area contributed by atoms with Gasteiger partial charge in [-0.2, -0.15) is 0 Å². The number of esters is 1. The van der Waals surface area contributed by atoms with Gasteiger partial charge in [-0.15, -0.1) is 0 Å². The fraction of sp³-hybridized carbons (Fsp3) is 0.744. The highest BCUT2D eigenvalue weighted by Gasteiger charge is 2.60. The highest BCUT2D eigenvalue weighted by Crippen LogP contribution is 2.43. The normalized spacial score (nSPS) is 38.9. The van der Waals surface area contributed by atoms with Crippen LogP contribution in [0.5, 0.6) is 5.75 Å². The van der Waals surface area contributed by atoms with Crippen LogP contribution in [-0.2, 0) is 33.3 Å². The van der Waals surface area contributed by atoms with E-state index in [-0.39, 0.29) is 30.9 Å². The van der Waals surface area contributed by atoms with Gasteiger partial charge in [-0.3, -0.25) is 9.78 Å². The Bertz CT molecular complexity index is 1410. The molecule has 3 aliphatic rings. The molecule has 0 saturated carbocycles. The van der Waals surface area contributed by atoms with E-state index in [0.29, 0.717) is 37.2 Å². The van der Waals surface area contributed by atoms with E-state index in [1.807, 2.05) is 60.5 Å². The Labute approximate surface area is 309 Å². The third kappa shape index (κ3) is 8.98. The van der Waals surface area contributed by atoms with Crippen LogP contribution in [0.15, 0.2) is 36.2 Å². The third-order valence-electron chi connectivity index (χ3n) is 11.2. The molecule has 0 aliphatic carbocycles. The van der Waals surface area contributed by atoms with Gasteiger partial charge in [0.05, 0.1) is 30.5 Å². The van der Waals surface area contributed by atoms with Crippen LogP contribution >= 0.6 is 0 Å². The minimum absolute atomic E-state index is 0.0950. The molecule has 52 heavy (non-hydrogen) atoms. The average Bonchev–Trinajstić information content (AvgIpc) is 3.36. The fourth-order valence-corrected chi connectivity index (χ4v) is 8.47. The summed E-state index contributed by atoms with van der Waals surface area (Å²) in [5.74, 6) is -1.70. The SMILES string of the molecule is CC[C@H]1OC(=O)/C(C)=C/[C@H](C)[C@@H](O[C@@H]2O[C@H](C)C[C@H](N(C)C)[C@H]2O)[C@@](C)(OC)C[C@@H](C)C(=O)[C@H](C)[C@H]2N(CCCOc3ccncc3)C(=O)O[C@]12C. The summed E-state index contributed by atoms with van der Waals surface area (Å²) in [7, 11) is 5.39. The zero-order valence-corrected chi connectivity index (χ0v) is 32.9. The van der Waals surface area contributed by atoms with Crippen molar-refractivity contribution in [2.75, 3.05) is 34.4 Å². The lowest BCUT2D eigenvalue weighted by Crippen LogP contribution is -2.59. The number of rotatable bonds is 10. The van der Waals surface area contributed by atoms with Gasteiger partial charge in [0.1, 0.15) is 23.7 Å². The quantitative estimate of drug-likeness (QED) is 0.261. The van der Waals surface area contributed by atoms with Gasteiger partial charge in [-0.1, -0.05) is 33.8 Å². The Kier molecular flexibility index (Phi) is 13.9. The van der Waals surface area contributed by atoms with Crippen molar-refractivity contribution in [2.45, 2.75) is 135 Å². The first-order valence-electron chi connectivity index (χ1n) is 18.6. The monoisotopic (exact) mass is 731 g/mol. The number of carbonyl (C=O) groups is 3. The van der Waals surface area contributed by atoms with Crippen molar-refractivity contribution in [3.63, 3.8) is 0 Å². The molecule has 3 aliphatic heterocycles. The fourth-order valence-electron chi connectivity index (χ4n) is 8.47. The summed E-state index contributed by atoms with van der Waals surface area (Å²) in [5, 5.41) is 11.4. The predicted molar refractivity (Wildman–Crippen MR) is 193 cm³/mol. The summed E-state index contributed by atoms with van der Waals surface area (Å²) in [4.78, 5) is 49.6. The van der Waals surface area contributed by atoms with Gasteiger partial charge in [0.25, 0.3) is 0 Å². The van der Waals surface area contributed by atoms with E-state index in [1.165, 1.54) is 0 Å². The molecule has 1 amide bonds. The Balaban J connectivity index is 1.70. The maximum atomic E-state index is 14.6. The second-order valence-electron chi connectivity index (χ2n) is 15.5. The molecule has 0 unspecified atom stereocenters. The van der Waals surface area contributed by atoms with Gasteiger partial charge in [-0.05, 0) is 79.6 Å². The maximum absolute atomic E-state index is 14.6. The standard InChI is InChI=1S/C39H61N3O10/c1-12-30-39(8)33(42(37(46)52-39)18-13-19-48-28-14-16-40-17-15-28)27(6)31(43)25(4)22-38(7,47-11)34(23(2)20-24(3)35(45)50-30)51-36-32(44)29(41(9)10)21-26(5)49-36/h14-17,20,23,25-27,29-30,32-34,36,44H,12-13,18-19,21-22H2,1-11H3/b24-20+/t23-,25+,26+,27-,29-,30+,32+,33+,34+,36-,38-,39+/m0/s1. The van der Waals surface area contributed by atoms with Gasteiger partial charge in [0.15, 0.2) is 11.9 Å². The Morgan fingerprint density at radius 1 is 1.10 bits per heavy atom. The second-order valence-corrected chi connectivity index (χ2v) is 15.5. The molecule has 0 radical (unpaired) electrons. The lowest BCUT2D eigenvalue weighted by atomic mass is 9.74. The summed E-state index contributed by atoms with van der Waals surface area (Å²) < 4.78 is 37.2. The largest absolute Gasteiger partial charge is 0.493 e. The number of nitrogens with zero attached hydrogens (tertiary/aromatic N) is 3. The number of hydrogen-bond donors (Lipinski definition) is 1. The van der Waals surface area contributed by atoms with Crippen LogP contribution in [0.1, 0.15) is 81.1 Å². The maximum Gasteiger partial charge on any atom is 0.410 e. The number of aromatic nitrogens is 1. The molecule has 12 atom stereocenters. The first kappa shape index (κ1) is 41.7. The summed E-state index contributed by atoms with van der Waals surface area (Å²) >= 11 is 0. The van der Waals surface area contributed by atoms with E-state index < -0.39 is 71.7 Å². The van der Waals surface area contributed by atoms with Crippen LogP contribution in [0.2, 0.25) is 0 Å². The Morgan fingerprint density at radius 2 is 1.77 bits per heavy atom. The number of ether oxygens (including phenoxy) is 6. The number of likely N-dealkylation sites (N-methyl/N-ethyl adjacent to an activating group) is 1. The highest BCUT2D eigenvalue weighted by atomic mass is 16.7. The van der Waals surface area contributed by atoms with Crippen molar-refractivity contribution in [2.24, 2.45) is 17.8 Å². The number of fused-ring (bicyclic) bond motifs is 1. The second kappa shape index (κ2) is 17.4. The number of ketones is 1. The molecule has 1 aromatic rings. The van der Waals surface area contributed by atoms with Crippen molar-refractivity contribution in [3.05, 3.63) is 36.2 Å². The van der Waals surface area contributed by atoms with Crippen LogP contribution in [0.25, 0.3) is 0 Å². The van der Waals surface area contributed by atoms with E-state index in [1.54, 1.807) is 56.5 Å². The molecular formula is C39H61N3O10. The molecule has 13 nitrogen and oxygen atoms in total. The molecule has 2 saturated heterocycles. The average molecular weight is 732 g/mol. The van der Waals surface area contributed by atoms with Crippen LogP contribution in [0.3, 0.4) is 0 Å². The van der Waals surface area contributed by atoms with Crippen molar-refractivity contribution < 1.29 is 47.9 Å². The smallest absolute Gasteiger partial charge is 0.410 e. The summed E-state index contributed by atoms with van der Waals surface area (Å²) in [6, 6.07) is 2.57. The molecule has 13 heteroatoms. The number of hydrogen-bond acceptors (Lipinski definition) is 12. The Morgan fingerprint density at radius 3 is 2.38 bits per heavy atom. The number of amides is 1. The number of methoxy groups -OCH3 is 1. The molecule has 0 bridgehead atoms. The summed E-state index contributed by atoms with van der Waals surface area (Å²) in [6.07, 6.45) is 2.48. The number of aliphatic hydroxyl groups is 1. The van der Waals surface area contributed by atoms with E-state index in [2.05, 4.69) is 4.98 Å². The van der Waals surface area contributed by atoms with Gasteiger partial charge in [0, 0.05) is 55.4 Å². The molecule has 4 heterocycles. The summed E-state index contributed by atoms with van der Waals surface area (Å²) in [5.41, 5.74) is -2.05. The number of cyclic esters (lactones) is 1. The predicted octanol–water partition coefficient (Wildman–Crippen LogP) is 4.80. The zero-order valence-electron chi connectivity index (χ0n) is 32.9. The van der Waals surface area contributed by atoms with Crippen LogP contribution in [-0.4, -0.2) is 126 Å². The number of Topliss-reactive ketones (excluding diaryl/α,β-unsaturated/α-hetero) is 1. The zero-order chi connectivity index (χ0) is 38.5. The van der Waals surface area contributed by atoms with E-state index in [0.717, 1.165) is 0 Å². The molecule has 292 valence electrons. The third-order valence-corrected chi connectivity index (χ3v) is 11.2. The highest BCUT2D eigenvalue weighted by molar-refractivity contribution is 5.88.